The highest BCUT2D eigenvalue weighted by atomic mass is 19.1. The Hall–Kier alpha value is -3.02. The lowest BCUT2D eigenvalue weighted by Gasteiger charge is -2.07. The fourth-order valence-electron chi connectivity index (χ4n) is 1.90. The van der Waals surface area contributed by atoms with Crippen molar-refractivity contribution in [2.45, 2.75) is 6.92 Å². The third-order valence-electron chi connectivity index (χ3n) is 3.14. The van der Waals surface area contributed by atoms with Gasteiger partial charge < -0.3 is 11.1 Å². The molecule has 0 bridgehead atoms. The number of primary amides is 1. The maximum Gasteiger partial charge on any atom is 0.249 e. The summed E-state index contributed by atoms with van der Waals surface area (Å²) in [5, 5.41) is 2.47. The van der Waals surface area contributed by atoms with E-state index in [1.165, 1.54) is 36.4 Å². The van der Waals surface area contributed by atoms with E-state index in [1.54, 1.807) is 6.92 Å². The number of carbonyl (C=O) groups is 2. The zero-order chi connectivity index (χ0) is 17.0. The molecule has 2 aromatic carbocycles. The number of nitrogens with one attached hydrogen (secondary N) is 1. The Labute approximate surface area is 131 Å². The second-order valence-corrected chi connectivity index (χ2v) is 4.88. The van der Waals surface area contributed by atoms with Crippen molar-refractivity contribution in [3.05, 3.63) is 71.3 Å². The van der Waals surface area contributed by atoms with E-state index in [1.807, 2.05) is 0 Å². The summed E-state index contributed by atoms with van der Waals surface area (Å²) in [6.07, 6.45) is 0.982. The van der Waals surface area contributed by atoms with Gasteiger partial charge in [0.05, 0.1) is 5.57 Å². The van der Waals surface area contributed by atoms with E-state index in [-0.39, 0.29) is 11.1 Å². The number of aryl methyl sites for hydroxylation is 1. The van der Waals surface area contributed by atoms with Crippen LogP contribution in [-0.4, -0.2) is 11.8 Å². The summed E-state index contributed by atoms with van der Waals surface area (Å²) in [5.41, 5.74) is 6.10. The number of benzene rings is 2. The first-order chi connectivity index (χ1) is 10.9. The summed E-state index contributed by atoms with van der Waals surface area (Å²) >= 11 is 0. The number of carbonyl (C=O) groups excluding carboxylic acids is 2. The third kappa shape index (κ3) is 4.23. The lowest BCUT2D eigenvalue weighted by Crippen LogP contribution is -2.17. The van der Waals surface area contributed by atoms with Gasteiger partial charge in [0.15, 0.2) is 0 Å². The highest BCUT2D eigenvalue weighted by Crippen LogP contribution is 2.18. The maximum absolute atomic E-state index is 13.6. The Kier molecular flexibility index (Phi) is 4.85. The molecular formula is C17H14F2N2O2. The number of hydrogen-bond acceptors (Lipinski definition) is 2. The van der Waals surface area contributed by atoms with Crippen molar-refractivity contribution in [2.75, 3.05) is 5.32 Å². The van der Waals surface area contributed by atoms with Crippen LogP contribution in [0.3, 0.4) is 0 Å². The number of amides is 2. The van der Waals surface area contributed by atoms with Crippen molar-refractivity contribution in [3.63, 3.8) is 0 Å². The summed E-state index contributed by atoms with van der Waals surface area (Å²) in [6, 6.07) is 9.23. The van der Waals surface area contributed by atoms with E-state index in [4.69, 9.17) is 5.73 Å². The zero-order valence-corrected chi connectivity index (χ0v) is 12.3. The molecule has 0 atom stereocenters. The predicted molar refractivity (Wildman–Crippen MR) is 83.3 cm³/mol. The molecule has 0 aliphatic heterocycles. The Bertz CT molecular complexity index is 784. The number of rotatable bonds is 4. The maximum atomic E-state index is 13.6. The molecule has 0 aliphatic carbocycles. The molecule has 23 heavy (non-hydrogen) atoms. The number of hydrogen-bond donors (Lipinski definition) is 2. The number of nitrogens with two attached hydrogens (primary N) is 1. The molecule has 2 rings (SSSR count). The van der Waals surface area contributed by atoms with Crippen LogP contribution in [0.25, 0.3) is 5.57 Å². The van der Waals surface area contributed by atoms with Crippen LogP contribution in [0.4, 0.5) is 14.5 Å². The van der Waals surface area contributed by atoms with Crippen LogP contribution >= 0.6 is 0 Å². The second kappa shape index (κ2) is 6.83. The second-order valence-electron chi connectivity index (χ2n) is 4.88. The Morgan fingerprint density at radius 3 is 2.30 bits per heavy atom. The first-order valence-corrected chi connectivity index (χ1v) is 6.71. The normalized spacial score (nSPS) is 11.2. The molecule has 0 saturated carbocycles. The molecule has 0 unspecified atom stereocenters. The lowest BCUT2D eigenvalue weighted by atomic mass is 10.0. The SMILES string of the molecule is Cc1ccc(/C(=C/C(=O)Nc2ccc(F)cc2)C(N)=O)cc1F. The van der Waals surface area contributed by atoms with E-state index in [0.717, 1.165) is 12.1 Å². The standard InChI is InChI=1S/C17H14F2N2O2/c1-10-2-3-11(8-15(10)19)14(17(20)23)9-16(22)21-13-6-4-12(18)5-7-13/h2-9H,1H3,(H2,20,23)(H,21,22)/b14-9-. The van der Waals surface area contributed by atoms with Crippen molar-refractivity contribution in [3.8, 4) is 0 Å². The van der Waals surface area contributed by atoms with Gasteiger partial charge in [0.2, 0.25) is 11.8 Å². The molecule has 0 radical (unpaired) electrons. The van der Waals surface area contributed by atoms with Crippen LogP contribution in [0.5, 0.6) is 0 Å². The summed E-state index contributed by atoms with van der Waals surface area (Å²) < 4.78 is 26.4. The van der Waals surface area contributed by atoms with E-state index in [0.29, 0.717) is 11.3 Å². The van der Waals surface area contributed by atoms with Gasteiger partial charge in [-0.25, -0.2) is 8.78 Å². The molecule has 118 valence electrons. The van der Waals surface area contributed by atoms with Gasteiger partial charge in [-0.3, -0.25) is 9.59 Å². The smallest absolute Gasteiger partial charge is 0.249 e. The van der Waals surface area contributed by atoms with Gasteiger partial charge in [-0.05, 0) is 48.4 Å². The minimum absolute atomic E-state index is 0.122. The molecule has 0 fully saturated rings. The molecular weight excluding hydrogens is 302 g/mol. The minimum Gasteiger partial charge on any atom is -0.366 e. The van der Waals surface area contributed by atoms with Gasteiger partial charge in [0.1, 0.15) is 11.6 Å². The molecule has 0 spiro atoms. The van der Waals surface area contributed by atoms with E-state index < -0.39 is 23.4 Å². The van der Waals surface area contributed by atoms with Crippen molar-refractivity contribution in [2.24, 2.45) is 5.73 Å². The molecule has 2 aromatic rings. The number of halogens is 2. The van der Waals surface area contributed by atoms with Crippen molar-refractivity contribution < 1.29 is 18.4 Å². The molecule has 6 heteroatoms. The van der Waals surface area contributed by atoms with Crippen LogP contribution in [-0.2, 0) is 9.59 Å². The van der Waals surface area contributed by atoms with Crippen molar-refractivity contribution in [1.82, 2.24) is 0 Å². The average Bonchev–Trinajstić information content (AvgIpc) is 2.50. The molecule has 0 aliphatic rings. The van der Waals surface area contributed by atoms with Gasteiger partial charge in [0.25, 0.3) is 0 Å². The summed E-state index contributed by atoms with van der Waals surface area (Å²) in [7, 11) is 0. The molecule has 0 aromatic heterocycles. The Morgan fingerprint density at radius 1 is 1.09 bits per heavy atom. The molecule has 0 heterocycles. The van der Waals surface area contributed by atoms with Crippen LogP contribution in [0.2, 0.25) is 0 Å². The van der Waals surface area contributed by atoms with Crippen LogP contribution in [0, 0.1) is 18.6 Å². The summed E-state index contributed by atoms with van der Waals surface area (Å²) in [6.45, 7) is 1.58. The quantitative estimate of drug-likeness (QED) is 0.851. The highest BCUT2D eigenvalue weighted by molar-refractivity contribution is 6.24. The predicted octanol–water partition coefficient (Wildman–Crippen LogP) is 2.78. The zero-order valence-electron chi connectivity index (χ0n) is 12.3. The first-order valence-electron chi connectivity index (χ1n) is 6.71. The molecule has 2 amide bonds. The Balaban J connectivity index is 2.27. The van der Waals surface area contributed by atoms with Crippen LogP contribution in [0.1, 0.15) is 11.1 Å². The molecule has 3 N–H and O–H groups in total. The fourth-order valence-corrected chi connectivity index (χ4v) is 1.90. The van der Waals surface area contributed by atoms with E-state index in [2.05, 4.69) is 5.32 Å². The minimum atomic E-state index is -0.859. The largest absolute Gasteiger partial charge is 0.366 e. The van der Waals surface area contributed by atoms with E-state index >= 15 is 0 Å². The molecule has 4 nitrogen and oxygen atoms in total. The van der Waals surface area contributed by atoms with Gasteiger partial charge in [-0.1, -0.05) is 12.1 Å². The molecule has 0 saturated heterocycles. The lowest BCUT2D eigenvalue weighted by molar-refractivity contribution is -0.114. The van der Waals surface area contributed by atoms with E-state index in [9.17, 15) is 18.4 Å². The fraction of sp³-hybridized carbons (Fsp3) is 0.0588. The van der Waals surface area contributed by atoms with Gasteiger partial charge in [0, 0.05) is 11.8 Å². The van der Waals surface area contributed by atoms with Crippen molar-refractivity contribution in [1.29, 1.82) is 0 Å². The summed E-state index contributed by atoms with van der Waals surface area (Å²) in [5.74, 6) is -2.44. The third-order valence-corrected chi connectivity index (χ3v) is 3.14. The van der Waals surface area contributed by atoms with Gasteiger partial charge >= 0.3 is 0 Å². The highest BCUT2D eigenvalue weighted by Gasteiger charge is 2.12. The van der Waals surface area contributed by atoms with Gasteiger partial charge in [-0.2, -0.15) is 0 Å². The van der Waals surface area contributed by atoms with Gasteiger partial charge in [-0.15, -0.1) is 0 Å². The first kappa shape index (κ1) is 16.4. The monoisotopic (exact) mass is 316 g/mol. The average molecular weight is 316 g/mol. The Morgan fingerprint density at radius 2 is 1.74 bits per heavy atom. The number of anilines is 1. The van der Waals surface area contributed by atoms with Crippen LogP contribution in [0.15, 0.2) is 48.5 Å². The summed E-state index contributed by atoms with van der Waals surface area (Å²) in [4.78, 5) is 23.5. The van der Waals surface area contributed by atoms with Crippen molar-refractivity contribution >= 4 is 23.1 Å². The van der Waals surface area contributed by atoms with Crippen LogP contribution < -0.4 is 11.1 Å². The topological polar surface area (TPSA) is 72.2 Å².